The minimum Gasteiger partial charge on any atom is -0.354 e. The standard InChI is InChI=1S/C17H26N4.HI/c1-14-5-7-15(8-6-14)16(21-10-3-4-11-21)13-19-17-18-9-12-20(17)2;/h5-8,16H,3-4,9-13H2,1-2H3,(H,18,19);1H. The number of guanidine groups is 1. The lowest BCUT2D eigenvalue weighted by atomic mass is 10.0. The van der Waals surface area contributed by atoms with Gasteiger partial charge >= 0.3 is 0 Å². The molecule has 4 nitrogen and oxygen atoms in total. The molecule has 1 saturated heterocycles. The third kappa shape index (κ3) is 4.13. The van der Waals surface area contributed by atoms with Gasteiger partial charge in [0.2, 0.25) is 0 Å². The van der Waals surface area contributed by atoms with Gasteiger partial charge in [-0.2, -0.15) is 0 Å². The van der Waals surface area contributed by atoms with Crippen molar-refractivity contribution in [2.24, 2.45) is 4.99 Å². The van der Waals surface area contributed by atoms with Crippen molar-refractivity contribution >= 4 is 29.9 Å². The molecular weight excluding hydrogens is 387 g/mol. The van der Waals surface area contributed by atoms with E-state index in [4.69, 9.17) is 0 Å². The molecule has 0 saturated carbocycles. The summed E-state index contributed by atoms with van der Waals surface area (Å²) in [5, 5.41) is 3.56. The molecule has 0 aromatic heterocycles. The number of nitrogens with zero attached hydrogens (tertiary/aromatic N) is 3. The van der Waals surface area contributed by atoms with E-state index in [0.29, 0.717) is 6.04 Å². The van der Waals surface area contributed by atoms with E-state index in [-0.39, 0.29) is 24.0 Å². The Labute approximate surface area is 151 Å². The molecule has 3 rings (SSSR count). The van der Waals surface area contributed by atoms with Crippen LogP contribution < -0.4 is 5.32 Å². The van der Waals surface area contributed by atoms with Gasteiger partial charge in [0, 0.05) is 20.1 Å². The highest BCUT2D eigenvalue weighted by Crippen LogP contribution is 2.25. The molecule has 2 aliphatic heterocycles. The molecule has 0 spiro atoms. The topological polar surface area (TPSA) is 30.9 Å². The van der Waals surface area contributed by atoms with Crippen LogP contribution in [-0.2, 0) is 0 Å². The Kier molecular flexibility index (Phi) is 6.50. The molecule has 2 heterocycles. The van der Waals surface area contributed by atoms with Crippen molar-refractivity contribution in [1.82, 2.24) is 15.1 Å². The highest BCUT2D eigenvalue weighted by molar-refractivity contribution is 14.0. The van der Waals surface area contributed by atoms with Crippen molar-refractivity contribution in [2.45, 2.75) is 25.8 Å². The molecule has 1 N–H and O–H groups in total. The highest BCUT2D eigenvalue weighted by Gasteiger charge is 2.24. The Morgan fingerprint density at radius 2 is 1.82 bits per heavy atom. The number of likely N-dealkylation sites (tertiary alicyclic amines) is 1. The molecular formula is C17H27IN4. The second-order valence-electron chi connectivity index (χ2n) is 6.18. The van der Waals surface area contributed by atoms with Crippen molar-refractivity contribution in [3.05, 3.63) is 35.4 Å². The van der Waals surface area contributed by atoms with E-state index in [1.54, 1.807) is 0 Å². The van der Waals surface area contributed by atoms with Gasteiger partial charge in [-0.15, -0.1) is 24.0 Å². The fourth-order valence-corrected chi connectivity index (χ4v) is 3.21. The summed E-state index contributed by atoms with van der Waals surface area (Å²) in [6.45, 7) is 7.45. The number of rotatable bonds is 4. The third-order valence-electron chi connectivity index (χ3n) is 4.56. The number of aryl methyl sites for hydroxylation is 1. The minimum absolute atomic E-state index is 0. The molecule has 1 atom stereocenters. The zero-order valence-corrected chi connectivity index (χ0v) is 15.9. The van der Waals surface area contributed by atoms with Gasteiger partial charge in [-0.25, -0.2) is 0 Å². The largest absolute Gasteiger partial charge is 0.354 e. The summed E-state index contributed by atoms with van der Waals surface area (Å²) in [6.07, 6.45) is 2.65. The predicted molar refractivity (Wildman–Crippen MR) is 103 cm³/mol. The van der Waals surface area contributed by atoms with E-state index in [1.165, 1.54) is 37.1 Å². The van der Waals surface area contributed by atoms with Gasteiger partial charge in [-0.1, -0.05) is 29.8 Å². The first-order chi connectivity index (χ1) is 10.2. The summed E-state index contributed by atoms with van der Waals surface area (Å²) in [5.74, 6) is 1.05. The number of likely N-dealkylation sites (N-methyl/N-ethyl adjacent to an activating group) is 1. The summed E-state index contributed by atoms with van der Waals surface area (Å²) < 4.78 is 0. The molecule has 5 heteroatoms. The third-order valence-corrected chi connectivity index (χ3v) is 4.56. The fourth-order valence-electron chi connectivity index (χ4n) is 3.21. The lowest BCUT2D eigenvalue weighted by molar-refractivity contribution is 0.244. The van der Waals surface area contributed by atoms with Gasteiger partial charge in [0.1, 0.15) is 0 Å². The van der Waals surface area contributed by atoms with Gasteiger partial charge in [-0.3, -0.25) is 9.89 Å². The average Bonchev–Trinajstić information content (AvgIpc) is 3.13. The predicted octanol–water partition coefficient (Wildman–Crippen LogP) is 2.64. The SMILES string of the molecule is Cc1ccc(C(CNC2=NCCN2C)N2CCCC2)cc1.I. The van der Waals surface area contributed by atoms with Crippen LogP contribution in [0.5, 0.6) is 0 Å². The minimum atomic E-state index is 0. The number of hydrogen-bond donors (Lipinski definition) is 1. The van der Waals surface area contributed by atoms with E-state index < -0.39 is 0 Å². The van der Waals surface area contributed by atoms with Crippen molar-refractivity contribution < 1.29 is 0 Å². The van der Waals surface area contributed by atoms with E-state index in [9.17, 15) is 0 Å². The number of halogens is 1. The van der Waals surface area contributed by atoms with Crippen molar-refractivity contribution in [1.29, 1.82) is 0 Å². The van der Waals surface area contributed by atoms with E-state index in [1.807, 2.05) is 0 Å². The fraction of sp³-hybridized carbons (Fsp3) is 0.588. The van der Waals surface area contributed by atoms with Gasteiger partial charge in [0.05, 0.1) is 12.6 Å². The Balaban J connectivity index is 0.00000176. The summed E-state index contributed by atoms with van der Waals surface area (Å²) in [5.41, 5.74) is 2.74. The van der Waals surface area contributed by atoms with Crippen molar-refractivity contribution in [2.75, 3.05) is 39.8 Å². The van der Waals surface area contributed by atoms with Crippen LogP contribution in [0.15, 0.2) is 29.3 Å². The Morgan fingerprint density at radius 1 is 1.14 bits per heavy atom. The van der Waals surface area contributed by atoms with E-state index in [2.05, 4.69) is 58.3 Å². The van der Waals surface area contributed by atoms with Gasteiger partial charge in [0.25, 0.3) is 0 Å². The molecule has 22 heavy (non-hydrogen) atoms. The average molecular weight is 414 g/mol. The molecule has 122 valence electrons. The second kappa shape index (κ2) is 8.15. The van der Waals surface area contributed by atoms with Crippen LogP contribution in [0.4, 0.5) is 0 Å². The van der Waals surface area contributed by atoms with Crippen LogP contribution >= 0.6 is 24.0 Å². The van der Waals surface area contributed by atoms with Gasteiger partial charge in [0.15, 0.2) is 5.96 Å². The van der Waals surface area contributed by atoms with Crippen LogP contribution in [0, 0.1) is 6.92 Å². The maximum Gasteiger partial charge on any atom is 0.193 e. The Bertz CT molecular complexity index is 494. The van der Waals surface area contributed by atoms with Crippen LogP contribution in [-0.4, -0.2) is 55.5 Å². The first-order valence-corrected chi connectivity index (χ1v) is 8.04. The van der Waals surface area contributed by atoms with Gasteiger partial charge < -0.3 is 10.2 Å². The van der Waals surface area contributed by atoms with Crippen molar-refractivity contribution in [3.63, 3.8) is 0 Å². The van der Waals surface area contributed by atoms with E-state index in [0.717, 1.165) is 25.6 Å². The number of nitrogens with one attached hydrogen (secondary N) is 1. The number of benzene rings is 1. The van der Waals surface area contributed by atoms with Crippen molar-refractivity contribution in [3.8, 4) is 0 Å². The smallest absolute Gasteiger partial charge is 0.193 e. The quantitative estimate of drug-likeness (QED) is 0.769. The Hall–Kier alpha value is -0.820. The molecule has 1 aromatic rings. The molecule has 0 bridgehead atoms. The number of hydrogen-bond acceptors (Lipinski definition) is 4. The molecule has 0 radical (unpaired) electrons. The van der Waals surface area contributed by atoms with E-state index >= 15 is 0 Å². The maximum atomic E-state index is 4.54. The van der Waals surface area contributed by atoms with Gasteiger partial charge in [-0.05, 0) is 38.4 Å². The highest BCUT2D eigenvalue weighted by atomic mass is 127. The summed E-state index contributed by atoms with van der Waals surface area (Å²) in [6, 6.07) is 9.44. The first-order valence-electron chi connectivity index (χ1n) is 8.04. The monoisotopic (exact) mass is 414 g/mol. The summed E-state index contributed by atoms with van der Waals surface area (Å²) in [4.78, 5) is 9.34. The van der Waals surface area contributed by atoms with Crippen LogP contribution in [0.3, 0.4) is 0 Å². The van der Waals surface area contributed by atoms with Crippen LogP contribution in [0.1, 0.15) is 30.0 Å². The molecule has 1 aromatic carbocycles. The summed E-state index contributed by atoms with van der Waals surface area (Å²) in [7, 11) is 2.11. The van der Waals surface area contributed by atoms with Crippen LogP contribution in [0.25, 0.3) is 0 Å². The molecule has 1 fully saturated rings. The Morgan fingerprint density at radius 3 is 2.41 bits per heavy atom. The molecule has 0 amide bonds. The second-order valence-corrected chi connectivity index (χ2v) is 6.18. The maximum absolute atomic E-state index is 4.54. The normalized spacial score (nSPS) is 19.7. The van der Waals surface area contributed by atoms with Crippen LogP contribution in [0.2, 0.25) is 0 Å². The lowest BCUT2D eigenvalue weighted by Crippen LogP contribution is -2.41. The zero-order valence-electron chi connectivity index (χ0n) is 13.6. The zero-order chi connectivity index (χ0) is 14.7. The molecule has 0 aliphatic carbocycles. The first kappa shape index (κ1) is 17.5. The molecule has 1 unspecified atom stereocenters. The molecule has 2 aliphatic rings. The lowest BCUT2D eigenvalue weighted by Gasteiger charge is -2.29. The summed E-state index contributed by atoms with van der Waals surface area (Å²) >= 11 is 0. The number of aliphatic imine (C=N–C) groups is 1.